The van der Waals surface area contributed by atoms with E-state index in [1.165, 1.54) is 0 Å². The van der Waals surface area contributed by atoms with Crippen molar-refractivity contribution in [3.05, 3.63) is 103 Å². The van der Waals surface area contributed by atoms with Crippen LogP contribution in [-0.4, -0.2) is 26.0 Å². The Bertz CT molecular complexity index is 1790. The summed E-state index contributed by atoms with van der Waals surface area (Å²) < 4.78 is 0. The van der Waals surface area contributed by atoms with Gasteiger partial charge in [-0.25, -0.2) is 4.98 Å². The molecule has 8 nitrogen and oxygen atoms in total. The van der Waals surface area contributed by atoms with Crippen molar-refractivity contribution in [1.29, 1.82) is 0 Å². The maximum atomic E-state index is 12.2. The summed E-state index contributed by atoms with van der Waals surface area (Å²) in [6.07, 6.45) is 1.85. The number of imidazole rings is 1. The molecule has 0 bridgehead atoms. The minimum absolute atomic E-state index is 0.230. The van der Waals surface area contributed by atoms with Gasteiger partial charge in [0.1, 0.15) is 11.6 Å². The lowest BCUT2D eigenvalue weighted by Gasteiger charge is -2.01. The Morgan fingerprint density at radius 1 is 0.861 bits per heavy atom. The molecule has 1 amide bonds. The summed E-state index contributed by atoms with van der Waals surface area (Å²) in [6.45, 7) is 0. The van der Waals surface area contributed by atoms with E-state index in [-0.39, 0.29) is 5.75 Å². The molecule has 2 heterocycles. The molecule has 0 aliphatic carbocycles. The fourth-order valence-corrected chi connectivity index (χ4v) is 4.13. The van der Waals surface area contributed by atoms with Gasteiger partial charge in [0.2, 0.25) is 10.0 Å². The van der Waals surface area contributed by atoms with Crippen molar-refractivity contribution in [2.45, 2.75) is 0 Å². The number of phenols is 1. The molecule has 8 heteroatoms. The second-order valence-corrected chi connectivity index (χ2v) is 8.26. The predicted octanol–water partition coefficient (Wildman–Crippen LogP) is 6.53. The van der Waals surface area contributed by atoms with E-state index < -0.39 is 5.91 Å². The maximum absolute atomic E-state index is 12.2. The molecule has 0 atom stereocenters. The zero-order valence-electron chi connectivity index (χ0n) is 18.9. The average Bonchev–Trinajstić information content (AvgIpc) is 3.56. The summed E-state index contributed by atoms with van der Waals surface area (Å²) in [5.41, 5.74) is 6.41. The van der Waals surface area contributed by atoms with E-state index in [1.54, 1.807) is 36.4 Å². The van der Waals surface area contributed by atoms with Crippen molar-refractivity contribution >= 4 is 33.5 Å². The highest BCUT2D eigenvalue weighted by atomic mass is 16.3. The smallest absolute Gasteiger partial charge is 0.360 e. The molecule has 36 heavy (non-hydrogen) atoms. The van der Waals surface area contributed by atoms with Crippen LogP contribution in [0.1, 0.15) is 10.4 Å². The molecule has 0 fully saturated rings. The summed E-state index contributed by atoms with van der Waals surface area (Å²) in [5.74, 6) is 0.461. The number of rotatable bonds is 4. The van der Waals surface area contributed by atoms with E-state index in [0.717, 1.165) is 38.6 Å². The second kappa shape index (κ2) is 8.79. The van der Waals surface area contributed by atoms with Gasteiger partial charge in [0.25, 0.3) is 0 Å². The molecule has 2 aromatic heterocycles. The molecule has 6 rings (SSSR count). The van der Waals surface area contributed by atoms with Crippen molar-refractivity contribution < 1.29 is 9.90 Å². The van der Waals surface area contributed by atoms with Gasteiger partial charge in [-0.1, -0.05) is 36.4 Å². The standard InChI is InChI=1S/C28H18N6O2/c35-21-9-6-17(7-10-21)19-8-11-24-26(14-19)31-27(30-24)23-15-20(16-25-22(23)12-13-29-25)32-34-33-28(36)18-4-2-1-3-5-18/h1-16H,(H2,29,30,31,32,33,34,35,36)/p+1. The average molecular weight is 472 g/mol. The van der Waals surface area contributed by atoms with Crippen LogP contribution in [0.15, 0.2) is 107 Å². The summed E-state index contributed by atoms with van der Waals surface area (Å²) in [5, 5.41) is 18.4. The third-order valence-electron chi connectivity index (χ3n) is 5.91. The van der Waals surface area contributed by atoms with Crippen molar-refractivity contribution in [2.75, 3.05) is 0 Å². The van der Waals surface area contributed by atoms with Crippen LogP contribution in [0, 0.1) is 0 Å². The Kier molecular flexibility index (Phi) is 5.18. The van der Waals surface area contributed by atoms with Crippen LogP contribution >= 0.6 is 0 Å². The van der Waals surface area contributed by atoms with Crippen molar-refractivity contribution in [1.82, 2.24) is 19.9 Å². The molecule has 0 aliphatic heterocycles. The topological polar surface area (TPSA) is 121 Å². The Morgan fingerprint density at radius 3 is 2.50 bits per heavy atom. The summed E-state index contributed by atoms with van der Waals surface area (Å²) in [4.78, 5) is 27.4. The van der Waals surface area contributed by atoms with Crippen LogP contribution in [0.3, 0.4) is 0 Å². The van der Waals surface area contributed by atoms with Crippen LogP contribution < -0.4 is 4.91 Å². The number of carbonyl (C=O) groups is 1. The van der Waals surface area contributed by atoms with Crippen LogP contribution in [0.4, 0.5) is 5.69 Å². The number of hydrogen-bond donors (Lipinski definition) is 3. The highest BCUT2D eigenvalue weighted by molar-refractivity contribution is 5.97. The number of phenolic OH excluding ortho intramolecular Hbond substituents is 1. The van der Waals surface area contributed by atoms with Gasteiger partial charge in [-0.15, -0.1) is 0 Å². The lowest BCUT2D eigenvalue weighted by molar-refractivity contribution is 0.0992. The monoisotopic (exact) mass is 471 g/mol. The van der Waals surface area contributed by atoms with Gasteiger partial charge in [-0.05, 0) is 65.7 Å². The summed E-state index contributed by atoms with van der Waals surface area (Å²) in [6, 6.07) is 27.5. The number of benzene rings is 4. The number of H-pyrrole nitrogens is 2. The lowest BCUT2D eigenvalue weighted by atomic mass is 10.1. The molecule has 4 aromatic carbocycles. The molecule has 0 aliphatic rings. The summed E-state index contributed by atoms with van der Waals surface area (Å²) in [7, 11) is 0. The fourth-order valence-electron chi connectivity index (χ4n) is 4.13. The van der Waals surface area contributed by atoms with E-state index in [1.807, 2.05) is 60.8 Å². The first-order chi connectivity index (χ1) is 17.6. The quantitative estimate of drug-likeness (QED) is 0.200. The molecular formula is C28H19N6O2+. The van der Waals surface area contributed by atoms with Crippen molar-refractivity contribution in [3.8, 4) is 28.3 Å². The van der Waals surface area contributed by atoms with E-state index in [0.29, 0.717) is 17.1 Å². The van der Waals surface area contributed by atoms with Crippen LogP contribution in [-0.2, 0) is 0 Å². The number of hydrogen-bond acceptors (Lipinski definition) is 4. The van der Waals surface area contributed by atoms with Gasteiger partial charge < -0.3 is 15.1 Å². The molecule has 0 radical (unpaired) electrons. The Morgan fingerprint density at radius 2 is 1.67 bits per heavy atom. The molecule has 0 saturated heterocycles. The van der Waals surface area contributed by atoms with Crippen molar-refractivity contribution in [3.63, 3.8) is 0 Å². The van der Waals surface area contributed by atoms with Crippen molar-refractivity contribution in [2.24, 2.45) is 10.2 Å². The highest BCUT2D eigenvalue weighted by Gasteiger charge is 2.14. The van der Waals surface area contributed by atoms with Gasteiger partial charge in [-0.3, -0.25) is 4.79 Å². The number of fused-ring (bicyclic) bond motifs is 2. The first-order valence-corrected chi connectivity index (χ1v) is 11.3. The van der Waals surface area contributed by atoms with E-state index >= 15 is 0 Å². The van der Waals surface area contributed by atoms with Gasteiger partial charge in [0.15, 0.2) is 10.8 Å². The SMILES string of the molecule is O=C(N=[N+]=Nc1cc(-c2nc3ccc(-c4ccc(O)cc4)cc3[nH]2)c2cc[nH]c2c1)c1ccccc1. The first-order valence-electron chi connectivity index (χ1n) is 11.3. The zero-order chi connectivity index (χ0) is 24.5. The molecule has 172 valence electrons. The fraction of sp³-hybridized carbons (Fsp3) is 0. The third kappa shape index (κ3) is 4.04. The number of aromatic amines is 2. The number of aromatic nitrogens is 3. The minimum atomic E-state index is -0.456. The van der Waals surface area contributed by atoms with E-state index in [9.17, 15) is 9.90 Å². The molecule has 0 unspecified atom stereocenters. The Hall–Kier alpha value is -5.33. The molecule has 6 aromatic rings. The van der Waals surface area contributed by atoms with Crippen LogP contribution in [0.5, 0.6) is 5.75 Å². The maximum Gasteiger partial charge on any atom is 0.360 e. The van der Waals surface area contributed by atoms with Gasteiger partial charge >= 0.3 is 5.91 Å². The van der Waals surface area contributed by atoms with Gasteiger partial charge in [0.05, 0.1) is 11.0 Å². The number of carbonyl (C=O) groups excluding carboxylic acids is 1. The molecular weight excluding hydrogens is 452 g/mol. The number of amides is 1. The predicted molar refractivity (Wildman–Crippen MR) is 138 cm³/mol. The number of aromatic hydroxyl groups is 1. The summed E-state index contributed by atoms with van der Waals surface area (Å²) >= 11 is 0. The van der Waals surface area contributed by atoms with E-state index in [2.05, 4.69) is 25.1 Å². The Labute approximate surface area is 204 Å². The number of nitrogens with zero attached hydrogens (tertiary/aromatic N) is 4. The first kappa shape index (κ1) is 21.2. The second-order valence-electron chi connectivity index (χ2n) is 8.26. The molecule has 0 saturated carbocycles. The van der Waals surface area contributed by atoms with Crippen LogP contribution in [0.2, 0.25) is 0 Å². The number of nitrogens with one attached hydrogen (secondary N) is 2. The van der Waals surface area contributed by atoms with E-state index in [4.69, 9.17) is 4.98 Å². The molecule has 3 N–H and O–H groups in total. The zero-order valence-corrected chi connectivity index (χ0v) is 18.9. The lowest BCUT2D eigenvalue weighted by Crippen LogP contribution is -1.93. The van der Waals surface area contributed by atoms with Crippen LogP contribution in [0.25, 0.3) is 44.5 Å². The normalized spacial score (nSPS) is 10.9. The van der Waals surface area contributed by atoms with Gasteiger partial charge in [-0.2, -0.15) is 0 Å². The minimum Gasteiger partial charge on any atom is -0.508 e. The largest absolute Gasteiger partial charge is 0.508 e. The molecule has 0 spiro atoms. The third-order valence-corrected chi connectivity index (χ3v) is 5.91. The van der Waals surface area contributed by atoms with Gasteiger partial charge in [0, 0.05) is 28.2 Å². The highest BCUT2D eigenvalue weighted by Crippen LogP contribution is 2.33. The Balaban J connectivity index is 1.38.